The zero-order valence-corrected chi connectivity index (χ0v) is 40.7. The molecule has 0 aliphatic rings. The molecule has 0 saturated carbocycles. The molecule has 0 saturated heterocycles. The normalized spacial score (nSPS) is 11.7. The Bertz CT molecular complexity index is 3320. The second-order valence-electron chi connectivity index (χ2n) is 18.4. The van der Waals surface area contributed by atoms with Crippen LogP contribution in [0.3, 0.4) is 0 Å². The number of allylic oxidation sites excluding steroid dienone is 2. The molecular weight excluding hydrogens is 861 g/mol. The fourth-order valence-electron chi connectivity index (χ4n) is 9.48. The van der Waals surface area contributed by atoms with Crippen LogP contribution in [0.5, 0.6) is 0 Å². The maximum atomic E-state index is 5.50. The van der Waals surface area contributed by atoms with Crippen LogP contribution in [0.25, 0.3) is 95.9 Å². The summed E-state index contributed by atoms with van der Waals surface area (Å²) in [5.74, 6) is 1.77. The fourth-order valence-corrected chi connectivity index (χ4v) is 9.48. The average molecular weight is 917 g/mol. The molecule has 0 aliphatic heterocycles. The molecule has 0 unspecified atom stereocenters. The van der Waals surface area contributed by atoms with E-state index in [1.54, 1.807) is 0 Å². The molecule has 4 nitrogen and oxygen atoms in total. The van der Waals surface area contributed by atoms with Crippen molar-refractivity contribution in [1.29, 1.82) is 0 Å². The van der Waals surface area contributed by atoms with Crippen LogP contribution in [-0.4, -0.2) is 20.5 Å². The van der Waals surface area contributed by atoms with Crippen molar-refractivity contribution < 1.29 is 0 Å². The third-order valence-electron chi connectivity index (χ3n) is 13.0. The highest BCUT2D eigenvalue weighted by Crippen LogP contribution is 2.47. The van der Waals surface area contributed by atoms with E-state index in [9.17, 15) is 0 Å². The number of rotatable bonds is 14. The van der Waals surface area contributed by atoms with Crippen molar-refractivity contribution in [1.82, 2.24) is 15.0 Å². The number of hydrogen-bond donors (Lipinski definition) is 0. The molecule has 4 heteroatoms. The van der Waals surface area contributed by atoms with Gasteiger partial charge in [-0.1, -0.05) is 231 Å². The molecule has 1 heterocycles. The Morgan fingerprint density at radius 1 is 0.394 bits per heavy atom. The predicted molar refractivity (Wildman–Crippen MR) is 299 cm³/mol. The molecule has 0 N–H and O–H groups in total. The van der Waals surface area contributed by atoms with Crippen LogP contribution in [0.4, 0.5) is 5.69 Å². The van der Waals surface area contributed by atoms with Crippen LogP contribution in [0.1, 0.15) is 39.7 Å². The standard InChI is InChI=1S/C67H56N4/c1-5-24-48(2)71(67(3,4)42-41-49-25-12-6-13-26-49)63-61(54-33-20-10-21-34-54)46-60(47-62(63)55-35-22-11-23-36-55)66-69-64(56-39-37-53(38-40-56)50-27-14-7-15-28-50)68-65(70-66)59-44-57(51-29-16-8-17-30-51)43-58(45-59)52-31-18-9-19-32-52/h6-47H,5H2,1-4H3/b42-41+,48-24-. The van der Waals surface area contributed by atoms with Gasteiger partial charge in [-0.2, -0.15) is 0 Å². The van der Waals surface area contributed by atoms with Gasteiger partial charge in [0.2, 0.25) is 0 Å². The van der Waals surface area contributed by atoms with Crippen LogP contribution in [0.2, 0.25) is 0 Å². The smallest absolute Gasteiger partial charge is 0.164 e. The zero-order valence-electron chi connectivity index (χ0n) is 40.7. The number of hydrogen-bond acceptors (Lipinski definition) is 4. The second-order valence-corrected chi connectivity index (χ2v) is 18.4. The van der Waals surface area contributed by atoms with E-state index in [2.05, 4.69) is 281 Å². The molecule has 10 rings (SSSR count). The summed E-state index contributed by atoms with van der Waals surface area (Å²) in [6.45, 7) is 9.05. The summed E-state index contributed by atoms with van der Waals surface area (Å²) in [7, 11) is 0. The number of anilines is 1. The monoisotopic (exact) mass is 916 g/mol. The fraction of sp³-hybridized carbons (Fsp3) is 0.0896. The highest BCUT2D eigenvalue weighted by atomic mass is 15.2. The molecular formula is C67H56N4. The summed E-state index contributed by atoms with van der Waals surface area (Å²) in [5, 5.41) is 0. The zero-order chi connectivity index (χ0) is 48.6. The molecule has 0 aliphatic carbocycles. The molecule has 0 fully saturated rings. The lowest BCUT2D eigenvalue weighted by Crippen LogP contribution is -2.42. The molecule has 0 spiro atoms. The van der Waals surface area contributed by atoms with Crippen molar-refractivity contribution in [2.75, 3.05) is 4.90 Å². The summed E-state index contributed by atoms with van der Waals surface area (Å²) in [6.07, 6.45) is 7.78. The molecule has 9 aromatic carbocycles. The number of nitrogens with zero attached hydrogens (tertiary/aromatic N) is 4. The molecule has 1 aromatic heterocycles. The summed E-state index contributed by atoms with van der Waals surface area (Å²) in [6, 6.07) is 83.4. The minimum atomic E-state index is -0.472. The lowest BCUT2D eigenvalue weighted by Gasteiger charge is -2.42. The van der Waals surface area contributed by atoms with Crippen LogP contribution in [0.15, 0.2) is 254 Å². The van der Waals surface area contributed by atoms with Gasteiger partial charge in [0.1, 0.15) is 0 Å². The van der Waals surface area contributed by atoms with Gasteiger partial charge in [-0.05, 0) is 108 Å². The lowest BCUT2D eigenvalue weighted by molar-refractivity contribution is 0.607. The Kier molecular flexibility index (Phi) is 13.5. The van der Waals surface area contributed by atoms with E-state index in [1.807, 2.05) is 6.07 Å². The summed E-state index contributed by atoms with van der Waals surface area (Å²) in [5.41, 5.74) is 16.6. The van der Waals surface area contributed by atoms with Gasteiger partial charge in [-0.3, -0.25) is 0 Å². The van der Waals surface area contributed by atoms with E-state index in [4.69, 9.17) is 15.0 Å². The van der Waals surface area contributed by atoms with Gasteiger partial charge in [0, 0.05) is 33.5 Å². The molecule has 71 heavy (non-hydrogen) atoms. The Balaban J connectivity index is 1.24. The van der Waals surface area contributed by atoms with E-state index >= 15 is 0 Å². The largest absolute Gasteiger partial charge is 0.336 e. The quantitative estimate of drug-likeness (QED) is 0.109. The van der Waals surface area contributed by atoms with Gasteiger partial charge in [0.25, 0.3) is 0 Å². The van der Waals surface area contributed by atoms with Crippen molar-refractivity contribution in [2.45, 2.75) is 39.7 Å². The van der Waals surface area contributed by atoms with E-state index in [-0.39, 0.29) is 0 Å². The highest BCUT2D eigenvalue weighted by Gasteiger charge is 2.31. The molecule has 0 amide bonds. The van der Waals surface area contributed by atoms with E-state index in [0.717, 1.165) is 95.7 Å². The molecule has 10 aromatic rings. The minimum Gasteiger partial charge on any atom is -0.336 e. The maximum absolute atomic E-state index is 5.50. The topological polar surface area (TPSA) is 41.9 Å². The van der Waals surface area contributed by atoms with Gasteiger partial charge in [-0.15, -0.1) is 0 Å². The first-order chi connectivity index (χ1) is 34.8. The molecule has 344 valence electrons. The van der Waals surface area contributed by atoms with Crippen LogP contribution in [-0.2, 0) is 0 Å². The van der Waals surface area contributed by atoms with E-state index in [1.165, 1.54) is 0 Å². The van der Waals surface area contributed by atoms with Gasteiger partial charge in [-0.25, -0.2) is 15.0 Å². The molecule has 0 atom stereocenters. The van der Waals surface area contributed by atoms with Crippen molar-refractivity contribution in [2.24, 2.45) is 0 Å². The predicted octanol–water partition coefficient (Wildman–Crippen LogP) is 17.8. The second kappa shape index (κ2) is 20.9. The number of benzene rings is 9. The van der Waals surface area contributed by atoms with Gasteiger partial charge in [0.05, 0.1) is 11.2 Å². The third kappa shape index (κ3) is 10.3. The Morgan fingerprint density at radius 2 is 0.732 bits per heavy atom. The molecule has 0 bridgehead atoms. The first-order valence-electron chi connectivity index (χ1n) is 24.5. The van der Waals surface area contributed by atoms with Crippen molar-refractivity contribution >= 4 is 11.8 Å². The van der Waals surface area contributed by atoms with E-state index in [0.29, 0.717) is 17.5 Å². The van der Waals surface area contributed by atoms with E-state index < -0.39 is 5.54 Å². The number of aromatic nitrogens is 3. The average Bonchev–Trinajstić information content (AvgIpc) is 3.44. The third-order valence-corrected chi connectivity index (χ3v) is 13.0. The van der Waals surface area contributed by atoms with Crippen molar-refractivity contribution in [3.8, 4) is 89.8 Å². The first kappa shape index (κ1) is 46.0. The van der Waals surface area contributed by atoms with Crippen molar-refractivity contribution in [3.63, 3.8) is 0 Å². The highest BCUT2D eigenvalue weighted by molar-refractivity contribution is 5.96. The Hall–Kier alpha value is -8.73. The SMILES string of the molecule is CC/C=C(/C)N(c1c(-c2ccccc2)cc(-c2nc(-c3ccc(-c4ccccc4)cc3)nc(-c3cc(-c4ccccc4)cc(-c4ccccc4)c3)n2)cc1-c1ccccc1)C(C)(C)/C=C/c1ccccc1. The van der Waals surface area contributed by atoms with Gasteiger partial charge < -0.3 is 4.90 Å². The maximum Gasteiger partial charge on any atom is 0.164 e. The summed E-state index contributed by atoms with van der Waals surface area (Å²) in [4.78, 5) is 18.8. The minimum absolute atomic E-state index is 0.472. The van der Waals surface area contributed by atoms with Crippen molar-refractivity contribution in [3.05, 3.63) is 260 Å². The Morgan fingerprint density at radius 3 is 1.17 bits per heavy atom. The van der Waals surface area contributed by atoms with Crippen LogP contribution < -0.4 is 4.90 Å². The van der Waals surface area contributed by atoms with Gasteiger partial charge in [0.15, 0.2) is 17.5 Å². The van der Waals surface area contributed by atoms with Crippen LogP contribution in [0, 0.1) is 0 Å². The summed E-state index contributed by atoms with van der Waals surface area (Å²) < 4.78 is 0. The summed E-state index contributed by atoms with van der Waals surface area (Å²) >= 11 is 0. The van der Waals surface area contributed by atoms with Gasteiger partial charge >= 0.3 is 0 Å². The van der Waals surface area contributed by atoms with Crippen LogP contribution >= 0.6 is 0 Å². The molecule has 0 radical (unpaired) electrons. The lowest BCUT2D eigenvalue weighted by atomic mass is 9.88. The first-order valence-corrected chi connectivity index (χ1v) is 24.5. The Labute approximate surface area is 419 Å².